The molecule has 1 N–H and O–H groups in total. The molecule has 0 bridgehead atoms. The molecule has 0 aliphatic rings. The van der Waals surface area contributed by atoms with E-state index in [-0.39, 0.29) is 0 Å². The molecule has 96 valence electrons. The maximum absolute atomic E-state index is 5.86. The van der Waals surface area contributed by atoms with E-state index in [1.807, 2.05) is 24.3 Å². The highest BCUT2D eigenvalue weighted by Gasteiger charge is 2.03. The zero-order valence-electron chi connectivity index (χ0n) is 10.5. The summed E-state index contributed by atoms with van der Waals surface area (Å²) in [6, 6.07) is 14.1. The van der Waals surface area contributed by atoms with Crippen LogP contribution in [0.15, 0.2) is 42.5 Å². The molecule has 3 aromatic rings. The van der Waals surface area contributed by atoms with Crippen molar-refractivity contribution < 1.29 is 0 Å². The van der Waals surface area contributed by atoms with Gasteiger partial charge in [0.15, 0.2) is 0 Å². The monoisotopic (exact) mass is 288 g/mol. The highest BCUT2D eigenvalue weighted by Crippen LogP contribution is 2.24. The molecule has 0 radical (unpaired) electrons. The van der Waals surface area contributed by atoms with E-state index in [0.717, 1.165) is 27.8 Å². The first-order chi connectivity index (χ1) is 9.20. The van der Waals surface area contributed by atoms with Crippen molar-refractivity contribution >= 4 is 38.8 Å². The van der Waals surface area contributed by atoms with Gasteiger partial charge in [0.25, 0.3) is 0 Å². The second-order valence-corrected chi connectivity index (χ2v) is 5.99. The number of halogens is 1. The summed E-state index contributed by atoms with van der Waals surface area (Å²) >= 11 is 7.59. The molecule has 0 saturated heterocycles. The summed E-state index contributed by atoms with van der Waals surface area (Å²) < 4.78 is 1.23. The first-order valence-corrected chi connectivity index (χ1v) is 7.26. The van der Waals surface area contributed by atoms with E-state index in [2.05, 4.69) is 35.4 Å². The summed E-state index contributed by atoms with van der Waals surface area (Å²) in [6.45, 7) is 2.82. The van der Waals surface area contributed by atoms with Crippen LogP contribution in [-0.4, -0.2) is 4.98 Å². The predicted octanol–water partition coefficient (Wildman–Crippen LogP) is 4.87. The van der Waals surface area contributed by atoms with Crippen LogP contribution in [0, 0.1) is 6.92 Å². The summed E-state index contributed by atoms with van der Waals surface area (Å²) in [4.78, 5) is 4.64. The van der Waals surface area contributed by atoms with E-state index in [9.17, 15) is 0 Å². The van der Waals surface area contributed by atoms with Crippen LogP contribution in [0.3, 0.4) is 0 Å². The number of fused-ring (bicyclic) bond motifs is 1. The Morgan fingerprint density at radius 2 is 1.95 bits per heavy atom. The number of nitrogens with zero attached hydrogens (tertiary/aromatic N) is 1. The average Bonchev–Trinajstić information content (AvgIpc) is 2.80. The van der Waals surface area contributed by atoms with Crippen LogP contribution in [0.2, 0.25) is 5.02 Å². The smallest absolute Gasteiger partial charge is 0.113 e. The summed E-state index contributed by atoms with van der Waals surface area (Å²) in [5.41, 5.74) is 3.38. The molecule has 0 spiro atoms. The number of aromatic nitrogens is 1. The maximum atomic E-state index is 5.86. The van der Waals surface area contributed by atoms with Crippen molar-refractivity contribution in [1.29, 1.82) is 0 Å². The van der Waals surface area contributed by atoms with Gasteiger partial charge in [-0.25, -0.2) is 4.98 Å². The molecule has 0 amide bonds. The number of benzene rings is 2. The number of anilines is 1. The van der Waals surface area contributed by atoms with Gasteiger partial charge in [-0.2, -0.15) is 0 Å². The number of thiazole rings is 1. The molecule has 0 unspecified atom stereocenters. The van der Waals surface area contributed by atoms with Gasteiger partial charge in [-0.1, -0.05) is 17.7 Å². The van der Waals surface area contributed by atoms with E-state index >= 15 is 0 Å². The predicted molar refractivity (Wildman–Crippen MR) is 83.1 cm³/mol. The summed E-state index contributed by atoms with van der Waals surface area (Å²) in [5.74, 6) is 0. The summed E-state index contributed by atoms with van der Waals surface area (Å²) in [7, 11) is 0. The maximum Gasteiger partial charge on any atom is 0.113 e. The molecule has 4 heteroatoms. The Labute approximate surface area is 121 Å². The lowest BCUT2D eigenvalue weighted by Gasteiger charge is -2.03. The number of aryl methyl sites for hydroxylation is 1. The number of rotatable bonds is 3. The summed E-state index contributed by atoms with van der Waals surface area (Å²) in [5, 5.41) is 5.20. The highest BCUT2D eigenvalue weighted by atomic mass is 35.5. The third-order valence-electron chi connectivity index (χ3n) is 2.88. The molecular weight excluding hydrogens is 276 g/mol. The van der Waals surface area contributed by atoms with Gasteiger partial charge < -0.3 is 5.32 Å². The fourth-order valence-electron chi connectivity index (χ4n) is 1.91. The van der Waals surface area contributed by atoms with Crippen LogP contribution in [0.25, 0.3) is 10.2 Å². The lowest BCUT2D eigenvalue weighted by atomic mass is 10.2. The summed E-state index contributed by atoms with van der Waals surface area (Å²) in [6.07, 6.45) is 0. The number of hydrogen-bond donors (Lipinski definition) is 1. The van der Waals surface area contributed by atoms with Gasteiger partial charge in [0.2, 0.25) is 0 Å². The van der Waals surface area contributed by atoms with Crippen molar-refractivity contribution in [1.82, 2.24) is 4.98 Å². The van der Waals surface area contributed by atoms with Crippen molar-refractivity contribution in [3.63, 3.8) is 0 Å². The van der Waals surface area contributed by atoms with Crippen molar-refractivity contribution in [2.45, 2.75) is 13.5 Å². The van der Waals surface area contributed by atoms with Gasteiger partial charge >= 0.3 is 0 Å². The zero-order valence-corrected chi connectivity index (χ0v) is 12.1. The fourth-order valence-corrected chi connectivity index (χ4v) is 2.92. The van der Waals surface area contributed by atoms with E-state index in [1.165, 1.54) is 10.3 Å². The Hall–Kier alpha value is -1.58. The number of nitrogens with one attached hydrogen (secondary N) is 1. The Morgan fingerprint density at radius 1 is 1.16 bits per heavy atom. The largest absolute Gasteiger partial charge is 0.379 e. The SMILES string of the molecule is Cc1ccc2sc(CNc3ccc(Cl)cc3)nc2c1. The lowest BCUT2D eigenvalue weighted by molar-refractivity contribution is 1.12. The van der Waals surface area contributed by atoms with Gasteiger partial charge in [0, 0.05) is 10.7 Å². The molecule has 0 aliphatic heterocycles. The van der Waals surface area contributed by atoms with Gasteiger partial charge in [0.1, 0.15) is 5.01 Å². The van der Waals surface area contributed by atoms with Crippen molar-refractivity contribution in [3.05, 3.63) is 58.1 Å². The molecule has 0 fully saturated rings. The van der Waals surface area contributed by atoms with Crippen LogP contribution in [-0.2, 0) is 6.54 Å². The molecule has 1 aromatic heterocycles. The minimum Gasteiger partial charge on any atom is -0.379 e. The molecule has 1 heterocycles. The van der Waals surface area contributed by atoms with Gasteiger partial charge in [-0.15, -0.1) is 11.3 Å². The Morgan fingerprint density at radius 3 is 2.74 bits per heavy atom. The topological polar surface area (TPSA) is 24.9 Å². The molecule has 0 atom stereocenters. The van der Waals surface area contributed by atoms with Crippen LogP contribution in [0.1, 0.15) is 10.6 Å². The van der Waals surface area contributed by atoms with Gasteiger partial charge in [-0.3, -0.25) is 0 Å². The standard InChI is InChI=1S/C15H13ClN2S/c1-10-2-7-14-13(8-10)18-15(19-14)9-17-12-5-3-11(16)4-6-12/h2-8,17H,9H2,1H3. The molecule has 2 nitrogen and oxygen atoms in total. The van der Waals surface area contributed by atoms with Crippen molar-refractivity contribution in [2.24, 2.45) is 0 Å². The fraction of sp³-hybridized carbons (Fsp3) is 0.133. The molecule has 3 rings (SSSR count). The normalized spacial score (nSPS) is 10.8. The van der Waals surface area contributed by atoms with Crippen molar-refractivity contribution in [2.75, 3.05) is 5.32 Å². The Balaban J connectivity index is 1.76. The third kappa shape index (κ3) is 2.88. The van der Waals surface area contributed by atoms with Crippen LogP contribution < -0.4 is 5.32 Å². The Kier molecular flexibility index (Phi) is 3.40. The second kappa shape index (κ2) is 5.19. The highest BCUT2D eigenvalue weighted by molar-refractivity contribution is 7.18. The zero-order chi connectivity index (χ0) is 13.2. The first-order valence-electron chi connectivity index (χ1n) is 6.06. The Bertz CT molecular complexity index is 704. The first kappa shape index (κ1) is 12.5. The van der Waals surface area contributed by atoms with E-state index in [1.54, 1.807) is 11.3 Å². The van der Waals surface area contributed by atoms with E-state index in [0.29, 0.717) is 0 Å². The van der Waals surface area contributed by atoms with Crippen LogP contribution >= 0.6 is 22.9 Å². The van der Waals surface area contributed by atoms with E-state index < -0.39 is 0 Å². The minimum absolute atomic E-state index is 0.736. The van der Waals surface area contributed by atoms with Gasteiger partial charge in [-0.05, 0) is 48.9 Å². The van der Waals surface area contributed by atoms with Crippen LogP contribution in [0.5, 0.6) is 0 Å². The van der Waals surface area contributed by atoms with Crippen molar-refractivity contribution in [3.8, 4) is 0 Å². The number of hydrogen-bond acceptors (Lipinski definition) is 3. The van der Waals surface area contributed by atoms with Gasteiger partial charge in [0.05, 0.1) is 16.8 Å². The molecule has 0 saturated carbocycles. The molecule has 2 aromatic carbocycles. The lowest BCUT2D eigenvalue weighted by Crippen LogP contribution is -1.98. The minimum atomic E-state index is 0.736. The van der Waals surface area contributed by atoms with E-state index in [4.69, 9.17) is 11.6 Å². The average molecular weight is 289 g/mol. The third-order valence-corrected chi connectivity index (χ3v) is 4.16. The quantitative estimate of drug-likeness (QED) is 0.744. The molecular formula is C15H13ClN2S. The molecule has 19 heavy (non-hydrogen) atoms. The van der Waals surface area contributed by atoms with Crippen LogP contribution in [0.4, 0.5) is 5.69 Å². The molecule has 0 aliphatic carbocycles. The second-order valence-electron chi connectivity index (χ2n) is 4.44.